The van der Waals surface area contributed by atoms with Gasteiger partial charge in [0.15, 0.2) is 0 Å². The Labute approximate surface area is 120 Å². The molecule has 2 aromatic rings. The van der Waals surface area contributed by atoms with Crippen molar-refractivity contribution < 1.29 is 4.74 Å². The fourth-order valence-corrected chi connectivity index (χ4v) is 2.36. The summed E-state index contributed by atoms with van der Waals surface area (Å²) in [7, 11) is 1.96. The molecule has 0 spiro atoms. The molecular weight excluding hydrogens is 250 g/mol. The maximum atomic E-state index is 5.53. The Balaban J connectivity index is 2.39. The van der Waals surface area contributed by atoms with E-state index < -0.39 is 0 Å². The fourth-order valence-electron chi connectivity index (χ4n) is 2.36. The standard InChI is InChI=1S/C16H21N3O/c1-4-12-9-18-7-6-15(12)16(17-3)13-8-14(20-5-2)11-19-10-13/h6-11,16-17H,4-5H2,1-3H3. The first kappa shape index (κ1) is 14.5. The van der Waals surface area contributed by atoms with E-state index in [0.717, 1.165) is 17.7 Å². The van der Waals surface area contributed by atoms with Crippen molar-refractivity contribution in [2.75, 3.05) is 13.7 Å². The lowest BCUT2D eigenvalue weighted by Gasteiger charge is -2.20. The zero-order valence-corrected chi connectivity index (χ0v) is 12.3. The molecule has 0 radical (unpaired) electrons. The van der Waals surface area contributed by atoms with Crippen molar-refractivity contribution in [1.82, 2.24) is 15.3 Å². The molecule has 0 bridgehead atoms. The van der Waals surface area contributed by atoms with Crippen LogP contribution in [0.3, 0.4) is 0 Å². The first-order valence-corrected chi connectivity index (χ1v) is 6.97. The van der Waals surface area contributed by atoms with E-state index in [1.165, 1.54) is 11.1 Å². The highest BCUT2D eigenvalue weighted by Gasteiger charge is 2.16. The quantitative estimate of drug-likeness (QED) is 0.877. The number of aromatic nitrogens is 2. The molecule has 0 aliphatic carbocycles. The van der Waals surface area contributed by atoms with Crippen molar-refractivity contribution in [1.29, 1.82) is 0 Å². The van der Waals surface area contributed by atoms with Crippen LogP contribution in [0.1, 0.15) is 36.6 Å². The molecule has 1 atom stereocenters. The first-order chi connectivity index (χ1) is 9.80. The normalized spacial score (nSPS) is 12.2. The number of hydrogen-bond acceptors (Lipinski definition) is 4. The van der Waals surface area contributed by atoms with Crippen LogP contribution in [0.4, 0.5) is 0 Å². The van der Waals surface area contributed by atoms with Crippen LogP contribution in [0.25, 0.3) is 0 Å². The number of nitrogens with one attached hydrogen (secondary N) is 1. The highest BCUT2D eigenvalue weighted by Crippen LogP contribution is 2.26. The monoisotopic (exact) mass is 271 g/mol. The largest absolute Gasteiger partial charge is 0.492 e. The van der Waals surface area contributed by atoms with Crippen LogP contribution < -0.4 is 10.1 Å². The van der Waals surface area contributed by atoms with Crippen LogP contribution in [-0.2, 0) is 6.42 Å². The summed E-state index contributed by atoms with van der Waals surface area (Å²) < 4.78 is 5.53. The number of nitrogens with zero attached hydrogens (tertiary/aromatic N) is 2. The van der Waals surface area contributed by atoms with Crippen molar-refractivity contribution in [3.63, 3.8) is 0 Å². The predicted molar refractivity (Wildman–Crippen MR) is 79.9 cm³/mol. The average Bonchev–Trinajstić information content (AvgIpc) is 2.49. The minimum atomic E-state index is 0.0980. The van der Waals surface area contributed by atoms with Crippen LogP contribution >= 0.6 is 0 Å². The van der Waals surface area contributed by atoms with Crippen LogP contribution in [0.15, 0.2) is 36.9 Å². The van der Waals surface area contributed by atoms with Gasteiger partial charge in [0.25, 0.3) is 0 Å². The fraction of sp³-hybridized carbons (Fsp3) is 0.375. The first-order valence-electron chi connectivity index (χ1n) is 6.97. The summed E-state index contributed by atoms with van der Waals surface area (Å²) in [6.45, 7) is 4.76. The smallest absolute Gasteiger partial charge is 0.137 e. The summed E-state index contributed by atoms with van der Waals surface area (Å²) in [6.07, 6.45) is 8.34. The molecule has 20 heavy (non-hydrogen) atoms. The van der Waals surface area contributed by atoms with Gasteiger partial charge in [-0.3, -0.25) is 9.97 Å². The molecule has 1 unspecified atom stereocenters. The molecule has 106 valence electrons. The molecule has 2 rings (SSSR count). The topological polar surface area (TPSA) is 47.0 Å². The third-order valence-corrected chi connectivity index (χ3v) is 3.30. The number of hydrogen-bond donors (Lipinski definition) is 1. The minimum Gasteiger partial charge on any atom is -0.492 e. The molecule has 0 fully saturated rings. The Morgan fingerprint density at radius 2 is 2.05 bits per heavy atom. The molecule has 4 nitrogen and oxygen atoms in total. The lowest BCUT2D eigenvalue weighted by Crippen LogP contribution is -2.19. The van der Waals surface area contributed by atoms with Gasteiger partial charge in [-0.2, -0.15) is 0 Å². The van der Waals surface area contributed by atoms with Gasteiger partial charge >= 0.3 is 0 Å². The number of pyridine rings is 2. The van der Waals surface area contributed by atoms with Gasteiger partial charge in [0, 0.05) is 18.6 Å². The lowest BCUT2D eigenvalue weighted by molar-refractivity contribution is 0.338. The maximum absolute atomic E-state index is 5.53. The third kappa shape index (κ3) is 3.14. The van der Waals surface area contributed by atoms with E-state index in [1.54, 1.807) is 6.20 Å². The molecule has 2 aromatic heterocycles. The summed E-state index contributed by atoms with van der Waals surface area (Å²) in [5.41, 5.74) is 3.58. The molecule has 0 saturated carbocycles. The second kappa shape index (κ2) is 7.01. The van der Waals surface area contributed by atoms with E-state index in [-0.39, 0.29) is 6.04 Å². The third-order valence-electron chi connectivity index (χ3n) is 3.30. The Kier molecular flexibility index (Phi) is 5.07. The van der Waals surface area contributed by atoms with Crippen molar-refractivity contribution in [3.05, 3.63) is 53.6 Å². The molecule has 0 aromatic carbocycles. The zero-order valence-electron chi connectivity index (χ0n) is 12.3. The summed E-state index contributed by atoms with van der Waals surface area (Å²) in [5.74, 6) is 0.803. The van der Waals surface area contributed by atoms with Gasteiger partial charge in [-0.15, -0.1) is 0 Å². The summed E-state index contributed by atoms with van der Waals surface area (Å²) in [4.78, 5) is 8.48. The van der Waals surface area contributed by atoms with E-state index in [1.807, 2.05) is 38.6 Å². The Hall–Kier alpha value is -1.94. The van der Waals surface area contributed by atoms with Crippen LogP contribution in [0.2, 0.25) is 0 Å². The zero-order chi connectivity index (χ0) is 14.4. The molecule has 2 heterocycles. The summed E-state index contributed by atoms with van der Waals surface area (Å²) in [6, 6.07) is 4.20. The van der Waals surface area contributed by atoms with E-state index in [4.69, 9.17) is 4.74 Å². The highest BCUT2D eigenvalue weighted by molar-refractivity contribution is 5.37. The molecule has 0 amide bonds. The van der Waals surface area contributed by atoms with E-state index in [0.29, 0.717) is 6.61 Å². The molecule has 0 aliphatic heterocycles. The van der Waals surface area contributed by atoms with Gasteiger partial charge in [0.1, 0.15) is 5.75 Å². The molecular formula is C16H21N3O. The molecule has 0 aliphatic rings. The molecule has 1 N–H and O–H groups in total. The number of aryl methyl sites for hydroxylation is 1. The van der Waals surface area contributed by atoms with Gasteiger partial charge in [-0.05, 0) is 49.2 Å². The number of ether oxygens (including phenoxy) is 1. The van der Waals surface area contributed by atoms with E-state index in [9.17, 15) is 0 Å². The SMILES string of the molecule is CCOc1cncc(C(NC)c2ccncc2CC)c1. The van der Waals surface area contributed by atoms with Gasteiger partial charge in [0.05, 0.1) is 18.8 Å². The maximum Gasteiger partial charge on any atom is 0.137 e. The van der Waals surface area contributed by atoms with E-state index >= 15 is 0 Å². The van der Waals surface area contributed by atoms with Gasteiger partial charge in [-0.25, -0.2) is 0 Å². The Bertz CT molecular complexity index is 557. The molecule has 4 heteroatoms. The number of rotatable bonds is 6. The van der Waals surface area contributed by atoms with Crippen molar-refractivity contribution in [2.24, 2.45) is 0 Å². The van der Waals surface area contributed by atoms with E-state index in [2.05, 4.69) is 28.3 Å². The van der Waals surface area contributed by atoms with Crippen LogP contribution in [-0.4, -0.2) is 23.6 Å². The second-order valence-electron chi connectivity index (χ2n) is 4.54. The summed E-state index contributed by atoms with van der Waals surface area (Å²) >= 11 is 0. The average molecular weight is 271 g/mol. The van der Waals surface area contributed by atoms with Gasteiger partial charge < -0.3 is 10.1 Å². The minimum absolute atomic E-state index is 0.0980. The van der Waals surface area contributed by atoms with Gasteiger partial charge in [0.2, 0.25) is 0 Å². The van der Waals surface area contributed by atoms with Crippen molar-refractivity contribution in [2.45, 2.75) is 26.3 Å². The highest BCUT2D eigenvalue weighted by atomic mass is 16.5. The summed E-state index contributed by atoms with van der Waals surface area (Å²) in [5, 5.41) is 3.36. The second-order valence-corrected chi connectivity index (χ2v) is 4.54. The Morgan fingerprint density at radius 1 is 1.20 bits per heavy atom. The predicted octanol–water partition coefficient (Wildman–Crippen LogP) is 2.75. The van der Waals surface area contributed by atoms with Crippen LogP contribution in [0.5, 0.6) is 5.75 Å². The van der Waals surface area contributed by atoms with Crippen LogP contribution in [0, 0.1) is 0 Å². The molecule has 0 saturated heterocycles. The van der Waals surface area contributed by atoms with Crippen molar-refractivity contribution in [3.8, 4) is 5.75 Å². The van der Waals surface area contributed by atoms with Gasteiger partial charge in [-0.1, -0.05) is 6.92 Å². The van der Waals surface area contributed by atoms with Crippen molar-refractivity contribution >= 4 is 0 Å². The Morgan fingerprint density at radius 3 is 2.75 bits per heavy atom. The lowest BCUT2D eigenvalue weighted by atomic mass is 9.96.